The number of benzene rings is 1. The molecule has 28 heavy (non-hydrogen) atoms. The molecule has 146 valence electrons. The summed E-state index contributed by atoms with van der Waals surface area (Å²) in [5.41, 5.74) is 2.93. The smallest absolute Gasteiger partial charge is 0.344 e. The van der Waals surface area contributed by atoms with Gasteiger partial charge in [-0.1, -0.05) is 43.5 Å². The van der Waals surface area contributed by atoms with Gasteiger partial charge >= 0.3 is 5.97 Å². The minimum atomic E-state index is -0.523. The average molecular weight is 444 g/mol. The number of halogens is 1. The first kappa shape index (κ1) is 18.9. The monoisotopic (exact) mass is 443 g/mol. The first-order chi connectivity index (χ1) is 13.6. The van der Waals surface area contributed by atoms with E-state index >= 15 is 0 Å². The molecular formula is C21H22BrN3O3. The Morgan fingerprint density at radius 1 is 1.25 bits per heavy atom. The quantitative estimate of drug-likeness (QED) is 0.593. The predicted octanol–water partition coefficient (Wildman–Crippen LogP) is 4.68. The zero-order valence-corrected chi connectivity index (χ0v) is 17.3. The van der Waals surface area contributed by atoms with E-state index in [1.165, 1.54) is 48.2 Å². The van der Waals surface area contributed by atoms with Crippen molar-refractivity contribution in [3.8, 4) is 11.3 Å². The van der Waals surface area contributed by atoms with E-state index in [0.717, 1.165) is 5.56 Å². The lowest BCUT2D eigenvalue weighted by Crippen LogP contribution is -2.15. The molecular weight excluding hydrogens is 422 g/mol. The van der Waals surface area contributed by atoms with Crippen LogP contribution in [0.25, 0.3) is 16.9 Å². The lowest BCUT2D eigenvalue weighted by molar-refractivity contribution is 0.0527. The molecule has 3 aromatic rings. The Morgan fingerprint density at radius 3 is 2.64 bits per heavy atom. The highest BCUT2D eigenvalue weighted by molar-refractivity contribution is 9.10. The van der Waals surface area contributed by atoms with Crippen molar-refractivity contribution in [1.82, 2.24) is 14.6 Å². The molecule has 1 aliphatic rings. The van der Waals surface area contributed by atoms with Crippen molar-refractivity contribution in [2.24, 2.45) is 0 Å². The lowest BCUT2D eigenvalue weighted by atomic mass is 9.84. The number of carbonyl (C=O) groups is 1. The standard InChI is InChI=1S/C21H22BrN3O3/c1-2-28-21(27)18-19(22)24-25-17(26)12-16(23-20(18)25)15-10-8-14(9-11-15)13-6-4-3-5-7-13/h8-13,24H,2-7H2,1H3. The van der Waals surface area contributed by atoms with Crippen molar-refractivity contribution in [3.05, 3.63) is 56.4 Å². The second kappa shape index (κ2) is 7.91. The van der Waals surface area contributed by atoms with Gasteiger partial charge < -0.3 is 4.74 Å². The number of fused-ring (bicyclic) bond motifs is 1. The van der Waals surface area contributed by atoms with Gasteiger partial charge in [-0.3, -0.25) is 9.89 Å². The van der Waals surface area contributed by atoms with E-state index in [0.29, 0.717) is 16.2 Å². The highest BCUT2D eigenvalue weighted by Crippen LogP contribution is 2.33. The first-order valence-corrected chi connectivity index (χ1v) is 10.5. The number of esters is 1. The van der Waals surface area contributed by atoms with Gasteiger partial charge in [0.25, 0.3) is 5.56 Å². The highest BCUT2D eigenvalue weighted by atomic mass is 79.9. The first-order valence-electron chi connectivity index (χ1n) is 9.67. The Balaban J connectivity index is 1.73. The van der Waals surface area contributed by atoms with Crippen LogP contribution in [-0.2, 0) is 4.74 Å². The Labute approximate surface area is 171 Å². The SMILES string of the molecule is CCOC(=O)c1c(Br)[nH]n2c(=O)cc(-c3ccc(C4CCCCC4)cc3)nc12. The van der Waals surface area contributed by atoms with Gasteiger partial charge in [-0.2, -0.15) is 4.52 Å². The molecule has 2 heterocycles. The Hall–Kier alpha value is -2.41. The fourth-order valence-electron chi connectivity index (χ4n) is 3.90. The summed E-state index contributed by atoms with van der Waals surface area (Å²) in [6.07, 6.45) is 6.40. The zero-order chi connectivity index (χ0) is 19.7. The van der Waals surface area contributed by atoms with E-state index in [1.807, 2.05) is 12.1 Å². The van der Waals surface area contributed by atoms with Gasteiger partial charge in [0.05, 0.1) is 12.3 Å². The van der Waals surface area contributed by atoms with Crippen LogP contribution in [0.5, 0.6) is 0 Å². The van der Waals surface area contributed by atoms with Crippen molar-refractivity contribution in [3.63, 3.8) is 0 Å². The largest absolute Gasteiger partial charge is 0.462 e. The molecule has 0 bridgehead atoms. The maximum atomic E-state index is 12.6. The van der Waals surface area contributed by atoms with Gasteiger partial charge in [0.15, 0.2) is 5.65 Å². The Morgan fingerprint density at radius 2 is 1.96 bits per heavy atom. The minimum Gasteiger partial charge on any atom is -0.462 e. The van der Waals surface area contributed by atoms with Gasteiger partial charge in [-0.05, 0) is 47.2 Å². The number of aromatic nitrogens is 3. The van der Waals surface area contributed by atoms with Crippen LogP contribution in [-0.4, -0.2) is 27.2 Å². The van der Waals surface area contributed by atoms with Crippen LogP contribution in [0.2, 0.25) is 0 Å². The molecule has 0 unspecified atom stereocenters. The van der Waals surface area contributed by atoms with Crippen LogP contribution in [0.3, 0.4) is 0 Å². The molecule has 1 saturated carbocycles. The summed E-state index contributed by atoms with van der Waals surface area (Å²) in [6, 6.07) is 9.75. The molecule has 7 heteroatoms. The van der Waals surface area contributed by atoms with Crippen molar-refractivity contribution in [1.29, 1.82) is 0 Å². The van der Waals surface area contributed by atoms with Crippen LogP contribution in [0.1, 0.15) is 60.9 Å². The van der Waals surface area contributed by atoms with Gasteiger partial charge in [0.1, 0.15) is 10.2 Å². The molecule has 1 fully saturated rings. The minimum absolute atomic E-state index is 0.222. The number of H-pyrrole nitrogens is 1. The summed E-state index contributed by atoms with van der Waals surface area (Å²) < 4.78 is 6.72. The molecule has 0 atom stereocenters. The number of hydrogen-bond donors (Lipinski definition) is 1. The molecule has 2 aromatic heterocycles. The Kier molecular flexibility index (Phi) is 5.35. The van der Waals surface area contributed by atoms with Crippen molar-refractivity contribution in [2.45, 2.75) is 44.9 Å². The molecule has 1 aromatic carbocycles. The van der Waals surface area contributed by atoms with Crippen molar-refractivity contribution >= 4 is 27.5 Å². The molecule has 0 amide bonds. The average Bonchev–Trinajstić information content (AvgIpc) is 3.05. The maximum Gasteiger partial charge on any atom is 0.344 e. The summed E-state index contributed by atoms with van der Waals surface area (Å²) in [4.78, 5) is 29.4. The Bertz CT molecular complexity index is 1060. The van der Waals surface area contributed by atoms with Crippen LogP contribution in [0.15, 0.2) is 39.7 Å². The van der Waals surface area contributed by atoms with Gasteiger partial charge in [0, 0.05) is 11.6 Å². The second-order valence-corrected chi connectivity index (χ2v) is 7.91. The number of rotatable bonds is 4. The van der Waals surface area contributed by atoms with E-state index < -0.39 is 5.97 Å². The van der Waals surface area contributed by atoms with E-state index in [9.17, 15) is 9.59 Å². The van der Waals surface area contributed by atoms with Crippen LogP contribution in [0.4, 0.5) is 0 Å². The molecule has 0 spiro atoms. The van der Waals surface area contributed by atoms with E-state index in [4.69, 9.17) is 4.74 Å². The van der Waals surface area contributed by atoms with Crippen LogP contribution < -0.4 is 5.56 Å². The van der Waals surface area contributed by atoms with E-state index in [2.05, 4.69) is 38.1 Å². The molecule has 0 radical (unpaired) electrons. The second-order valence-electron chi connectivity index (χ2n) is 7.12. The number of hydrogen-bond acceptors (Lipinski definition) is 4. The van der Waals surface area contributed by atoms with E-state index in [1.54, 1.807) is 6.92 Å². The van der Waals surface area contributed by atoms with Crippen molar-refractivity contribution < 1.29 is 9.53 Å². The fraction of sp³-hybridized carbons (Fsp3) is 0.381. The molecule has 1 N–H and O–H groups in total. The molecule has 0 saturated heterocycles. The molecule has 6 nitrogen and oxygen atoms in total. The summed E-state index contributed by atoms with van der Waals surface area (Å²) in [5.74, 6) is 0.102. The summed E-state index contributed by atoms with van der Waals surface area (Å²) in [7, 11) is 0. The van der Waals surface area contributed by atoms with E-state index in [-0.39, 0.29) is 23.4 Å². The third kappa shape index (κ3) is 3.51. The number of carbonyl (C=O) groups excluding carboxylic acids is 1. The normalized spacial score (nSPS) is 15.1. The third-order valence-corrected chi connectivity index (χ3v) is 5.91. The van der Waals surface area contributed by atoms with Gasteiger partial charge in [-0.25, -0.2) is 9.78 Å². The summed E-state index contributed by atoms with van der Waals surface area (Å²) in [6.45, 7) is 1.98. The maximum absolute atomic E-state index is 12.6. The summed E-state index contributed by atoms with van der Waals surface area (Å²) in [5, 5.41) is 2.82. The van der Waals surface area contributed by atoms with Crippen LogP contribution >= 0.6 is 15.9 Å². The number of nitrogens with zero attached hydrogens (tertiary/aromatic N) is 2. The highest BCUT2D eigenvalue weighted by Gasteiger charge is 2.22. The molecule has 0 aliphatic heterocycles. The lowest BCUT2D eigenvalue weighted by Gasteiger charge is -2.22. The summed E-state index contributed by atoms with van der Waals surface area (Å²) >= 11 is 3.29. The van der Waals surface area contributed by atoms with Crippen LogP contribution in [0, 0.1) is 0 Å². The van der Waals surface area contributed by atoms with Gasteiger partial charge in [-0.15, -0.1) is 0 Å². The molecule has 4 rings (SSSR count). The fourth-order valence-corrected chi connectivity index (χ4v) is 4.42. The number of nitrogens with one attached hydrogen (secondary N) is 1. The molecule has 1 aliphatic carbocycles. The number of ether oxygens (including phenoxy) is 1. The predicted molar refractivity (Wildman–Crippen MR) is 111 cm³/mol. The zero-order valence-electron chi connectivity index (χ0n) is 15.7. The third-order valence-electron chi connectivity index (χ3n) is 5.33. The van der Waals surface area contributed by atoms with Crippen molar-refractivity contribution in [2.75, 3.05) is 6.61 Å². The van der Waals surface area contributed by atoms with Gasteiger partial charge in [0.2, 0.25) is 0 Å². The number of aromatic amines is 1. The topological polar surface area (TPSA) is 76.5 Å².